The third-order valence-corrected chi connectivity index (χ3v) is 4.50. The van der Waals surface area contributed by atoms with Crippen molar-refractivity contribution in [2.75, 3.05) is 38.2 Å². The standard InChI is InChI=1S/C20H26N4O2/c1-20(2,3)19-23-16(13-21)18(26-19)22-14-17(15-7-5-4-6-8-15)24-9-11-25-12-10-24/h4-8,17,22H,9-12,14H2,1-3H3. The molecule has 1 unspecified atom stereocenters. The maximum Gasteiger partial charge on any atom is 0.232 e. The maximum absolute atomic E-state index is 9.39. The van der Waals surface area contributed by atoms with E-state index in [-0.39, 0.29) is 11.5 Å². The Morgan fingerprint density at radius 3 is 2.54 bits per heavy atom. The lowest BCUT2D eigenvalue weighted by Gasteiger charge is -2.34. The number of hydrogen-bond acceptors (Lipinski definition) is 6. The van der Waals surface area contributed by atoms with E-state index in [2.05, 4.69) is 45.5 Å². The van der Waals surface area contributed by atoms with Crippen LogP contribution in [0.2, 0.25) is 0 Å². The van der Waals surface area contributed by atoms with Crippen molar-refractivity contribution in [1.29, 1.82) is 5.26 Å². The highest BCUT2D eigenvalue weighted by Gasteiger charge is 2.26. The van der Waals surface area contributed by atoms with Crippen LogP contribution < -0.4 is 5.32 Å². The zero-order chi connectivity index (χ0) is 18.6. The fraction of sp³-hybridized carbons (Fsp3) is 0.500. The summed E-state index contributed by atoms with van der Waals surface area (Å²) in [5, 5.41) is 12.7. The van der Waals surface area contributed by atoms with E-state index in [4.69, 9.17) is 9.15 Å². The number of oxazole rings is 1. The topological polar surface area (TPSA) is 74.3 Å². The average Bonchev–Trinajstić information content (AvgIpc) is 3.07. The Bertz CT molecular complexity index is 752. The largest absolute Gasteiger partial charge is 0.423 e. The Labute approximate surface area is 154 Å². The van der Waals surface area contributed by atoms with Gasteiger partial charge in [-0.15, -0.1) is 0 Å². The molecule has 1 atom stereocenters. The minimum atomic E-state index is -0.241. The van der Waals surface area contributed by atoms with Crippen molar-refractivity contribution in [3.05, 3.63) is 47.5 Å². The predicted molar refractivity (Wildman–Crippen MR) is 100.0 cm³/mol. The zero-order valence-corrected chi connectivity index (χ0v) is 15.7. The summed E-state index contributed by atoms with van der Waals surface area (Å²) in [7, 11) is 0. The number of anilines is 1. The van der Waals surface area contributed by atoms with E-state index in [0.717, 1.165) is 26.3 Å². The third kappa shape index (κ3) is 4.24. The van der Waals surface area contributed by atoms with Crippen molar-refractivity contribution >= 4 is 5.88 Å². The van der Waals surface area contributed by atoms with Gasteiger partial charge in [-0.25, -0.2) is 0 Å². The molecule has 1 aliphatic rings. The summed E-state index contributed by atoms with van der Waals surface area (Å²) in [6.45, 7) is 9.94. The van der Waals surface area contributed by atoms with Crippen LogP contribution in [0.15, 0.2) is 34.7 Å². The van der Waals surface area contributed by atoms with Crippen molar-refractivity contribution in [3.8, 4) is 6.07 Å². The van der Waals surface area contributed by atoms with Crippen molar-refractivity contribution in [1.82, 2.24) is 9.88 Å². The second kappa shape index (κ2) is 7.90. The van der Waals surface area contributed by atoms with Gasteiger partial charge < -0.3 is 14.5 Å². The molecule has 6 nitrogen and oxygen atoms in total. The second-order valence-corrected chi connectivity index (χ2v) is 7.51. The molecule has 1 N–H and O–H groups in total. The van der Waals surface area contributed by atoms with Crippen LogP contribution in [0.3, 0.4) is 0 Å². The minimum absolute atomic E-state index is 0.176. The summed E-state index contributed by atoms with van der Waals surface area (Å²) in [5.74, 6) is 1.02. The summed E-state index contributed by atoms with van der Waals surface area (Å²) in [4.78, 5) is 6.74. The predicted octanol–water partition coefficient (Wildman–Crippen LogP) is 3.33. The Morgan fingerprint density at radius 1 is 1.23 bits per heavy atom. The van der Waals surface area contributed by atoms with Gasteiger partial charge in [0.2, 0.25) is 17.5 Å². The van der Waals surface area contributed by atoms with E-state index < -0.39 is 0 Å². The molecule has 26 heavy (non-hydrogen) atoms. The van der Waals surface area contributed by atoms with E-state index in [1.54, 1.807) is 0 Å². The van der Waals surface area contributed by atoms with Gasteiger partial charge in [-0.05, 0) is 5.56 Å². The lowest BCUT2D eigenvalue weighted by atomic mass is 9.97. The molecule has 2 aromatic rings. The molecule has 6 heteroatoms. The highest BCUT2D eigenvalue weighted by atomic mass is 16.5. The van der Waals surface area contributed by atoms with Crippen molar-refractivity contribution in [2.45, 2.75) is 32.2 Å². The van der Waals surface area contributed by atoms with Crippen molar-refractivity contribution in [2.24, 2.45) is 0 Å². The van der Waals surface area contributed by atoms with Crippen LogP contribution >= 0.6 is 0 Å². The monoisotopic (exact) mass is 354 g/mol. The lowest BCUT2D eigenvalue weighted by molar-refractivity contribution is 0.0186. The number of nitrogens with zero attached hydrogens (tertiary/aromatic N) is 3. The molecule has 1 fully saturated rings. The van der Waals surface area contributed by atoms with Crippen LogP contribution in [0, 0.1) is 11.3 Å². The quantitative estimate of drug-likeness (QED) is 0.888. The van der Waals surface area contributed by atoms with Gasteiger partial charge in [0.15, 0.2) is 0 Å². The molecule has 2 heterocycles. The van der Waals surface area contributed by atoms with Crippen LogP contribution in [0.4, 0.5) is 5.88 Å². The Hall–Kier alpha value is -2.36. The van der Waals surface area contributed by atoms with E-state index in [9.17, 15) is 5.26 Å². The fourth-order valence-corrected chi connectivity index (χ4v) is 3.05. The number of hydrogen-bond donors (Lipinski definition) is 1. The van der Waals surface area contributed by atoms with Crippen molar-refractivity contribution in [3.63, 3.8) is 0 Å². The average molecular weight is 354 g/mol. The third-order valence-electron chi connectivity index (χ3n) is 4.50. The molecule has 138 valence electrons. The first kappa shape index (κ1) is 18.4. The molecule has 0 saturated carbocycles. The number of benzene rings is 1. The molecule has 1 aliphatic heterocycles. The molecule has 0 bridgehead atoms. The number of rotatable bonds is 5. The Morgan fingerprint density at radius 2 is 1.92 bits per heavy atom. The molecule has 0 amide bonds. The van der Waals surface area contributed by atoms with Crippen LogP contribution in [-0.4, -0.2) is 42.7 Å². The van der Waals surface area contributed by atoms with Gasteiger partial charge >= 0.3 is 0 Å². The van der Waals surface area contributed by atoms with Gasteiger partial charge in [0.25, 0.3) is 0 Å². The van der Waals surface area contributed by atoms with Crippen LogP contribution in [0.5, 0.6) is 0 Å². The highest BCUT2D eigenvalue weighted by Crippen LogP contribution is 2.28. The summed E-state index contributed by atoms with van der Waals surface area (Å²) < 4.78 is 11.3. The molecule has 0 radical (unpaired) electrons. The van der Waals surface area contributed by atoms with Gasteiger partial charge in [-0.1, -0.05) is 51.1 Å². The second-order valence-electron chi connectivity index (χ2n) is 7.51. The molecule has 1 aromatic heterocycles. The normalized spacial score (nSPS) is 16.8. The maximum atomic E-state index is 9.39. The van der Waals surface area contributed by atoms with E-state index in [0.29, 0.717) is 24.0 Å². The van der Waals surface area contributed by atoms with E-state index in [1.165, 1.54) is 5.56 Å². The first-order chi connectivity index (χ1) is 12.5. The number of morpholine rings is 1. The molecule has 3 rings (SSSR count). The highest BCUT2D eigenvalue weighted by molar-refractivity contribution is 5.46. The zero-order valence-electron chi connectivity index (χ0n) is 15.7. The van der Waals surface area contributed by atoms with E-state index >= 15 is 0 Å². The lowest BCUT2D eigenvalue weighted by Crippen LogP contribution is -2.41. The van der Waals surface area contributed by atoms with Crippen LogP contribution in [0.25, 0.3) is 0 Å². The molecule has 0 spiro atoms. The summed E-state index contributed by atoms with van der Waals surface area (Å²) >= 11 is 0. The number of nitrogens with one attached hydrogen (secondary N) is 1. The first-order valence-electron chi connectivity index (χ1n) is 9.01. The van der Waals surface area contributed by atoms with Gasteiger partial charge in [-0.2, -0.15) is 10.2 Å². The minimum Gasteiger partial charge on any atom is -0.423 e. The number of nitriles is 1. The smallest absolute Gasteiger partial charge is 0.232 e. The van der Waals surface area contributed by atoms with Gasteiger partial charge in [-0.3, -0.25) is 4.90 Å². The van der Waals surface area contributed by atoms with Gasteiger partial charge in [0, 0.05) is 25.0 Å². The summed E-state index contributed by atoms with van der Waals surface area (Å²) in [5.41, 5.74) is 1.30. The summed E-state index contributed by atoms with van der Waals surface area (Å²) in [6, 6.07) is 12.7. The molecular formula is C20H26N4O2. The van der Waals surface area contributed by atoms with E-state index in [1.807, 2.05) is 26.8 Å². The Kier molecular flexibility index (Phi) is 5.60. The van der Waals surface area contributed by atoms with Crippen molar-refractivity contribution < 1.29 is 9.15 Å². The Balaban J connectivity index is 1.80. The fourth-order valence-electron chi connectivity index (χ4n) is 3.05. The first-order valence-corrected chi connectivity index (χ1v) is 9.01. The molecule has 1 saturated heterocycles. The van der Waals surface area contributed by atoms with Crippen LogP contribution in [-0.2, 0) is 10.2 Å². The van der Waals surface area contributed by atoms with Gasteiger partial charge in [0.05, 0.1) is 19.3 Å². The molecule has 1 aromatic carbocycles. The molecule has 0 aliphatic carbocycles. The molecular weight excluding hydrogens is 328 g/mol. The SMILES string of the molecule is CC(C)(C)c1nc(C#N)c(NCC(c2ccccc2)N2CCOCC2)o1. The number of aromatic nitrogens is 1. The van der Waals surface area contributed by atoms with Crippen LogP contribution in [0.1, 0.15) is 44.0 Å². The van der Waals surface area contributed by atoms with Gasteiger partial charge in [0.1, 0.15) is 6.07 Å². The number of ether oxygens (including phenoxy) is 1. The summed E-state index contributed by atoms with van der Waals surface area (Å²) in [6.07, 6.45) is 0.